The summed E-state index contributed by atoms with van der Waals surface area (Å²) < 4.78 is 18.8. The highest BCUT2D eigenvalue weighted by Gasteiger charge is 2.34. The van der Waals surface area contributed by atoms with Gasteiger partial charge in [-0.25, -0.2) is 9.18 Å². The van der Waals surface area contributed by atoms with E-state index < -0.39 is 29.8 Å². The fourth-order valence-corrected chi connectivity index (χ4v) is 1.86. The minimum absolute atomic E-state index is 0.0379. The number of alkyl halides is 1. The van der Waals surface area contributed by atoms with E-state index in [9.17, 15) is 14.0 Å². The van der Waals surface area contributed by atoms with Crippen molar-refractivity contribution >= 4 is 12.1 Å². The third-order valence-electron chi connectivity index (χ3n) is 2.79. The van der Waals surface area contributed by atoms with Crippen LogP contribution in [0.3, 0.4) is 0 Å². The Hall–Kier alpha value is -1.33. The number of carboxylic acid groups (broad SMARTS) is 1. The second-order valence-corrected chi connectivity index (χ2v) is 5.51. The Balaban J connectivity index is 2.61. The van der Waals surface area contributed by atoms with E-state index >= 15 is 0 Å². The maximum absolute atomic E-state index is 13.6. The van der Waals surface area contributed by atoms with E-state index in [-0.39, 0.29) is 25.9 Å². The van der Waals surface area contributed by atoms with E-state index in [1.165, 1.54) is 4.90 Å². The molecule has 0 spiro atoms. The van der Waals surface area contributed by atoms with Gasteiger partial charge in [-0.15, -0.1) is 0 Å². The molecular formula is C12H20FNO4. The molecule has 1 amide bonds. The van der Waals surface area contributed by atoms with Gasteiger partial charge in [-0.3, -0.25) is 4.79 Å². The standard InChI is InChI=1S/C12H20FNO4/c1-12(2,3)18-11(17)14-6-4-8(10(15)16)9(13)5-7-14/h8-9H,4-7H2,1-3H3,(H,15,16)/t8-,9-/m1/s1. The number of halogens is 1. The highest BCUT2D eigenvalue weighted by Crippen LogP contribution is 2.22. The molecule has 5 nitrogen and oxygen atoms in total. The van der Waals surface area contributed by atoms with Gasteiger partial charge in [0.05, 0.1) is 5.92 Å². The lowest BCUT2D eigenvalue weighted by Gasteiger charge is -2.26. The number of carboxylic acids is 1. The van der Waals surface area contributed by atoms with Crippen molar-refractivity contribution < 1.29 is 23.8 Å². The Morgan fingerprint density at radius 1 is 1.28 bits per heavy atom. The van der Waals surface area contributed by atoms with Gasteiger partial charge in [0.25, 0.3) is 0 Å². The van der Waals surface area contributed by atoms with Crippen LogP contribution in [-0.4, -0.2) is 46.9 Å². The molecule has 1 N–H and O–H groups in total. The van der Waals surface area contributed by atoms with Crippen molar-refractivity contribution in [3.63, 3.8) is 0 Å². The van der Waals surface area contributed by atoms with Gasteiger partial charge in [-0.05, 0) is 33.6 Å². The summed E-state index contributed by atoms with van der Waals surface area (Å²) in [6.45, 7) is 5.66. The van der Waals surface area contributed by atoms with Gasteiger partial charge >= 0.3 is 12.1 Å². The zero-order valence-corrected chi connectivity index (χ0v) is 11.0. The van der Waals surface area contributed by atoms with Crippen molar-refractivity contribution in [3.8, 4) is 0 Å². The third-order valence-corrected chi connectivity index (χ3v) is 2.79. The zero-order chi connectivity index (χ0) is 13.9. The average Bonchev–Trinajstić information content (AvgIpc) is 2.37. The smallest absolute Gasteiger partial charge is 0.410 e. The first-order chi connectivity index (χ1) is 8.20. The van der Waals surface area contributed by atoms with E-state index in [1.54, 1.807) is 20.8 Å². The van der Waals surface area contributed by atoms with Crippen LogP contribution >= 0.6 is 0 Å². The molecule has 0 aliphatic carbocycles. The lowest BCUT2D eigenvalue weighted by atomic mass is 9.99. The Kier molecular flexibility index (Phi) is 4.53. The first-order valence-electron chi connectivity index (χ1n) is 6.05. The fourth-order valence-electron chi connectivity index (χ4n) is 1.86. The predicted octanol–water partition coefficient (Wildman–Crippen LogP) is 2.06. The maximum Gasteiger partial charge on any atom is 0.410 e. The van der Waals surface area contributed by atoms with Crippen molar-refractivity contribution in [1.82, 2.24) is 4.90 Å². The summed E-state index contributed by atoms with van der Waals surface area (Å²) in [6, 6.07) is 0. The van der Waals surface area contributed by atoms with E-state index in [1.807, 2.05) is 0 Å². The van der Waals surface area contributed by atoms with Gasteiger partial charge in [0.2, 0.25) is 0 Å². The molecule has 0 unspecified atom stereocenters. The fraction of sp³-hybridized carbons (Fsp3) is 0.833. The van der Waals surface area contributed by atoms with Gasteiger partial charge in [0.1, 0.15) is 11.8 Å². The quantitative estimate of drug-likeness (QED) is 0.784. The summed E-state index contributed by atoms with van der Waals surface area (Å²) in [5.41, 5.74) is -0.606. The second kappa shape index (κ2) is 5.54. The van der Waals surface area contributed by atoms with E-state index in [0.29, 0.717) is 0 Å². The first kappa shape index (κ1) is 14.7. The minimum atomic E-state index is -1.41. The Bertz CT molecular complexity index is 327. The van der Waals surface area contributed by atoms with Gasteiger partial charge in [0.15, 0.2) is 0 Å². The summed E-state index contributed by atoms with van der Waals surface area (Å²) in [7, 11) is 0. The molecule has 1 fully saturated rings. The van der Waals surface area contributed by atoms with Crippen LogP contribution in [0, 0.1) is 5.92 Å². The molecule has 0 aromatic carbocycles. The van der Waals surface area contributed by atoms with Crippen LogP contribution < -0.4 is 0 Å². The molecule has 0 aromatic rings. The highest BCUT2D eigenvalue weighted by atomic mass is 19.1. The third kappa shape index (κ3) is 4.16. The zero-order valence-electron chi connectivity index (χ0n) is 11.0. The largest absolute Gasteiger partial charge is 0.481 e. The number of aliphatic carboxylic acids is 1. The molecule has 0 saturated carbocycles. The molecule has 104 valence electrons. The SMILES string of the molecule is CC(C)(C)OC(=O)N1CC[C@@H](F)[C@H](C(=O)O)CC1. The van der Waals surface area contributed by atoms with Gasteiger partial charge in [-0.1, -0.05) is 0 Å². The van der Waals surface area contributed by atoms with Crippen LogP contribution in [0.5, 0.6) is 0 Å². The Morgan fingerprint density at radius 2 is 1.83 bits per heavy atom. The Labute approximate surface area is 106 Å². The summed E-state index contributed by atoms with van der Waals surface area (Å²) >= 11 is 0. The van der Waals surface area contributed by atoms with E-state index in [0.717, 1.165) is 0 Å². The van der Waals surface area contributed by atoms with Crippen LogP contribution in [-0.2, 0) is 9.53 Å². The van der Waals surface area contributed by atoms with Crippen molar-refractivity contribution in [3.05, 3.63) is 0 Å². The average molecular weight is 261 g/mol. The summed E-state index contributed by atoms with van der Waals surface area (Å²) in [6.07, 6.45) is -1.76. The molecule has 2 atom stereocenters. The monoisotopic (exact) mass is 261 g/mol. The van der Waals surface area contributed by atoms with Crippen LogP contribution in [0.25, 0.3) is 0 Å². The molecule has 1 heterocycles. The number of carbonyl (C=O) groups is 2. The summed E-state index contributed by atoms with van der Waals surface area (Å²) in [5, 5.41) is 8.87. The first-order valence-corrected chi connectivity index (χ1v) is 6.05. The second-order valence-electron chi connectivity index (χ2n) is 5.51. The van der Waals surface area contributed by atoms with Gasteiger partial charge < -0.3 is 14.7 Å². The molecule has 18 heavy (non-hydrogen) atoms. The maximum atomic E-state index is 13.6. The van der Waals surface area contributed by atoms with Crippen molar-refractivity contribution in [2.75, 3.05) is 13.1 Å². The lowest BCUT2D eigenvalue weighted by Crippen LogP contribution is -2.37. The molecule has 6 heteroatoms. The molecule has 0 aromatic heterocycles. The Morgan fingerprint density at radius 3 is 2.33 bits per heavy atom. The number of carbonyl (C=O) groups excluding carboxylic acids is 1. The molecule has 1 aliphatic heterocycles. The van der Waals surface area contributed by atoms with Crippen LogP contribution in [0.1, 0.15) is 33.6 Å². The predicted molar refractivity (Wildman–Crippen MR) is 63.1 cm³/mol. The van der Waals surface area contributed by atoms with Crippen LogP contribution in [0.4, 0.5) is 9.18 Å². The number of hydrogen-bond donors (Lipinski definition) is 1. The summed E-state index contributed by atoms with van der Waals surface area (Å²) in [4.78, 5) is 24.0. The minimum Gasteiger partial charge on any atom is -0.481 e. The number of rotatable bonds is 1. The number of hydrogen-bond acceptors (Lipinski definition) is 3. The molecular weight excluding hydrogens is 241 g/mol. The van der Waals surface area contributed by atoms with E-state index in [2.05, 4.69) is 0 Å². The lowest BCUT2D eigenvalue weighted by molar-refractivity contribution is -0.144. The normalized spacial score (nSPS) is 25.4. The molecule has 1 rings (SSSR count). The van der Waals surface area contributed by atoms with Crippen LogP contribution in [0.15, 0.2) is 0 Å². The highest BCUT2D eigenvalue weighted by molar-refractivity contribution is 5.71. The summed E-state index contributed by atoms with van der Waals surface area (Å²) in [5.74, 6) is -2.18. The van der Waals surface area contributed by atoms with Crippen molar-refractivity contribution in [2.24, 2.45) is 5.92 Å². The number of likely N-dealkylation sites (tertiary alicyclic amines) is 1. The number of amides is 1. The van der Waals surface area contributed by atoms with Crippen molar-refractivity contribution in [2.45, 2.75) is 45.4 Å². The number of ether oxygens (including phenoxy) is 1. The molecule has 0 radical (unpaired) electrons. The van der Waals surface area contributed by atoms with Crippen molar-refractivity contribution in [1.29, 1.82) is 0 Å². The van der Waals surface area contributed by atoms with Crippen LogP contribution in [0.2, 0.25) is 0 Å². The molecule has 0 bridgehead atoms. The van der Waals surface area contributed by atoms with Gasteiger partial charge in [-0.2, -0.15) is 0 Å². The molecule has 1 saturated heterocycles. The topological polar surface area (TPSA) is 66.8 Å². The van der Waals surface area contributed by atoms with Gasteiger partial charge in [0, 0.05) is 13.1 Å². The molecule has 1 aliphatic rings. The number of nitrogens with zero attached hydrogens (tertiary/aromatic N) is 1. The van der Waals surface area contributed by atoms with E-state index in [4.69, 9.17) is 9.84 Å².